The fourth-order valence-corrected chi connectivity index (χ4v) is 1.27. The number of alkyl halides is 3. The Labute approximate surface area is 92.1 Å². The topological polar surface area (TPSA) is 32.3 Å². The van der Waals surface area contributed by atoms with E-state index in [1.807, 2.05) is 18.2 Å². The lowest BCUT2D eigenvalue weighted by Crippen LogP contribution is -2.45. The zero-order valence-electron chi connectivity index (χ0n) is 8.83. The van der Waals surface area contributed by atoms with Crippen molar-refractivity contribution in [2.75, 3.05) is 0 Å². The minimum Gasteiger partial charge on any atom is -0.382 e. The molecule has 0 saturated heterocycles. The van der Waals surface area contributed by atoms with Crippen LogP contribution in [0.4, 0.5) is 13.2 Å². The molecule has 16 heavy (non-hydrogen) atoms. The molecule has 0 saturated carbocycles. The Morgan fingerprint density at radius 3 is 2.31 bits per heavy atom. The Hall–Kier alpha value is -1.07. The second kappa shape index (κ2) is 5.32. The molecule has 0 bridgehead atoms. The lowest BCUT2D eigenvalue weighted by Gasteiger charge is -2.22. The van der Waals surface area contributed by atoms with Gasteiger partial charge in [-0.1, -0.05) is 30.3 Å². The van der Waals surface area contributed by atoms with Crippen molar-refractivity contribution in [3.05, 3.63) is 35.9 Å². The van der Waals surface area contributed by atoms with E-state index >= 15 is 0 Å². The highest BCUT2D eigenvalue weighted by Crippen LogP contribution is 2.22. The lowest BCUT2D eigenvalue weighted by atomic mass is 10.1. The van der Waals surface area contributed by atoms with Gasteiger partial charge in [-0.25, -0.2) is 0 Å². The van der Waals surface area contributed by atoms with Gasteiger partial charge in [0.1, 0.15) is 0 Å². The van der Waals surface area contributed by atoms with E-state index in [4.69, 9.17) is 5.11 Å². The summed E-state index contributed by atoms with van der Waals surface area (Å²) in [6, 6.07) is 8.03. The Kier molecular flexibility index (Phi) is 4.32. The van der Waals surface area contributed by atoms with Crippen LogP contribution in [0.3, 0.4) is 0 Å². The van der Waals surface area contributed by atoms with Crippen LogP contribution in [0.25, 0.3) is 0 Å². The molecule has 0 aromatic heterocycles. The van der Waals surface area contributed by atoms with Gasteiger partial charge >= 0.3 is 6.18 Å². The molecular formula is C11H14F3NO. The van der Waals surface area contributed by atoms with Crippen LogP contribution in [-0.4, -0.2) is 23.4 Å². The van der Waals surface area contributed by atoms with Crippen LogP contribution in [0.1, 0.15) is 12.5 Å². The maximum Gasteiger partial charge on any atom is 0.415 e. The van der Waals surface area contributed by atoms with Crippen LogP contribution in [-0.2, 0) is 6.54 Å². The van der Waals surface area contributed by atoms with Crippen molar-refractivity contribution in [3.8, 4) is 0 Å². The molecule has 2 N–H and O–H groups in total. The summed E-state index contributed by atoms with van der Waals surface area (Å²) in [5, 5.41) is 11.6. The summed E-state index contributed by atoms with van der Waals surface area (Å²) in [6.07, 6.45) is -6.92. The van der Waals surface area contributed by atoms with Crippen molar-refractivity contribution < 1.29 is 18.3 Å². The van der Waals surface area contributed by atoms with Gasteiger partial charge in [0.05, 0.1) is 0 Å². The van der Waals surface area contributed by atoms with E-state index in [-0.39, 0.29) is 0 Å². The summed E-state index contributed by atoms with van der Waals surface area (Å²) in [4.78, 5) is 0. The molecule has 90 valence electrons. The molecule has 0 radical (unpaired) electrons. The standard InChI is InChI=1S/C11H14F3NO/c1-8(10(16)11(12,13)14)15-7-9-5-3-2-4-6-9/h2-6,8,10,15-16H,7H2,1H3. The van der Waals surface area contributed by atoms with Crippen molar-refractivity contribution in [2.24, 2.45) is 0 Å². The highest BCUT2D eigenvalue weighted by atomic mass is 19.4. The minimum absolute atomic E-state index is 0.301. The largest absolute Gasteiger partial charge is 0.415 e. The third kappa shape index (κ3) is 3.83. The van der Waals surface area contributed by atoms with Crippen molar-refractivity contribution in [2.45, 2.75) is 31.8 Å². The molecule has 0 aliphatic carbocycles. The molecule has 2 atom stereocenters. The molecule has 1 aromatic rings. The van der Waals surface area contributed by atoms with Crippen LogP contribution in [0.15, 0.2) is 30.3 Å². The predicted molar refractivity (Wildman–Crippen MR) is 54.8 cm³/mol. The molecule has 0 heterocycles. The Morgan fingerprint density at radius 2 is 1.81 bits per heavy atom. The molecule has 5 heteroatoms. The van der Waals surface area contributed by atoms with Gasteiger partial charge in [-0.05, 0) is 12.5 Å². The van der Waals surface area contributed by atoms with Gasteiger partial charge in [0.15, 0.2) is 6.10 Å². The molecule has 2 nitrogen and oxygen atoms in total. The molecule has 0 spiro atoms. The maximum atomic E-state index is 12.1. The Balaban J connectivity index is 2.44. The summed E-state index contributed by atoms with van der Waals surface area (Å²) in [5.74, 6) is 0. The monoisotopic (exact) mass is 233 g/mol. The van der Waals surface area contributed by atoms with E-state index in [1.165, 1.54) is 6.92 Å². The minimum atomic E-state index is -4.58. The number of halogens is 3. The predicted octanol–water partition coefficient (Wildman–Crippen LogP) is 2.09. The molecular weight excluding hydrogens is 219 g/mol. The van der Waals surface area contributed by atoms with E-state index in [9.17, 15) is 13.2 Å². The first-order chi connectivity index (χ1) is 7.41. The van der Waals surface area contributed by atoms with Gasteiger partial charge in [0.25, 0.3) is 0 Å². The van der Waals surface area contributed by atoms with Crippen LogP contribution in [0.2, 0.25) is 0 Å². The molecule has 2 unspecified atom stereocenters. The zero-order valence-corrected chi connectivity index (χ0v) is 8.83. The van der Waals surface area contributed by atoms with Crippen LogP contribution < -0.4 is 5.32 Å². The summed E-state index contributed by atoms with van der Waals surface area (Å²) < 4.78 is 36.4. The van der Waals surface area contributed by atoms with Gasteiger partial charge in [-0.15, -0.1) is 0 Å². The van der Waals surface area contributed by atoms with Gasteiger partial charge in [-0.3, -0.25) is 0 Å². The summed E-state index contributed by atoms with van der Waals surface area (Å²) in [5.41, 5.74) is 0.878. The van der Waals surface area contributed by atoms with Crippen LogP contribution in [0.5, 0.6) is 0 Å². The molecule has 0 fully saturated rings. The third-order valence-electron chi connectivity index (χ3n) is 2.28. The maximum absolute atomic E-state index is 12.1. The average molecular weight is 233 g/mol. The molecule has 1 rings (SSSR count). The van der Waals surface area contributed by atoms with E-state index in [1.54, 1.807) is 12.1 Å². The van der Waals surface area contributed by atoms with Gasteiger partial charge in [-0.2, -0.15) is 13.2 Å². The first-order valence-electron chi connectivity index (χ1n) is 4.93. The third-order valence-corrected chi connectivity index (χ3v) is 2.28. The molecule has 0 amide bonds. The van der Waals surface area contributed by atoms with Gasteiger partial charge in [0, 0.05) is 12.6 Å². The number of hydrogen-bond acceptors (Lipinski definition) is 2. The van der Waals surface area contributed by atoms with E-state index in [0.717, 1.165) is 5.56 Å². The number of hydrogen-bond donors (Lipinski definition) is 2. The fraction of sp³-hybridized carbons (Fsp3) is 0.455. The van der Waals surface area contributed by atoms with E-state index in [0.29, 0.717) is 6.54 Å². The first-order valence-corrected chi connectivity index (χ1v) is 4.93. The smallest absolute Gasteiger partial charge is 0.382 e. The second-order valence-corrected chi connectivity index (χ2v) is 3.64. The molecule has 1 aromatic carbocycles. The van der Waals surface area contributed by atoms with Crippen LogP contribution >= 0.6 is 0 Å². The van der Waals surface area contributed by atoms with Crippen molar-refractivity contribution in [3.63, 3.8) is 0 Å². The Bertz CT molecular complexity index is 313. The van der Waals surface area contributed by atoms with Gasteiger partial charge < -0.3 is 10.4 Å². The molecule has 0 aliphatic heterocycles. The zero-order chi connectivity index (χ0) is 12.2. The summed E-state index contributed by atoms with van der Waals surface area (Å²) in [6.45, 7) is 1.61. The fourth-order valence-electron chi connectivity index (χ4n) is 1.27. The summed E-state index contributed by atoms with van der Waals surface area (Å²) >= 11 is 0. The number of nitrogens with one attached hydrogen (secondary N) is 1. The van der Waals surface area contributed by atoms with Gasteiger partial charge in [0.2, 0.25) is 0 Å². The number of aliphatic hydroxyl groups excluding tert-OH is 1. The quantitative estimate of drug-likeness (QED) is 0.834. The van der Waals surface area contributed by atoms with Crippen molar-refractivity contribution in [1.29, 1.82) is 0 Å². The SMILES string of the molecule is CC(NCc1ccccc1)C(O)C(F)(F)F. The highest BCUT2D eigenvalue weighted by molar-refractivity contribution is 5.14. The summed E-state index contributed by atoms with van der Waals surface area (Å²) in [7, 11) is 0. The highest BCUT2D eigenvalue weighted by Gasteiger charge is 2.41. The number of benzene rings is 1. The van der Waals surface area contributed by atoms with Crippen molar-refractivity contribution in [1.82, 2.24) is 5.32 Å². The first kappa shape index (κ1) is 13.0. The second-order valence-electron chi connectivity index (χ2n) is 3.64. The number of aliphatic hydroxyl groups is 1. The van der Waals surface area contributed by atoms with Crippen molar-refractivity contribution >= 4 is 0 Å². The van der Waals surface area contributed by atoms with E-state index < -0.39 is 18.3 Å². The average Bonchev–Trinajstić information content (AvgIpc) is 2.25. The Morgan fingerprint density at radius 1 is 1.25 bits per heavy atom. The number of rotatable bonds is 4. The molecule has 0 aliphatic rings. The van der Waals surface area contributed by atoms with E-state index in [2.05, 4.69) is 5.32 Å². The van der Waals surface area contributed by atoms with Crippen LogP contribution in [0, 0.1) is 0 Å². The lowest BCUT2D eigenvalue weighted by molar-refractivity contribution is -0.210. The normalized spacial score (nSPS) is 15.8.